The van der Waals surface area contributed by atoms with Crippen LogP contribution in [0.1, 0.15) is 54.0 Å². The summed E-state index contributed by atoms with van der Waals surface area (Å²) in [6, 6.07) is 17.8. The van der Waals surface area contributed by atoms with Gasteiger partial charge in [0, 0.05) is 23.4 Å². The summed E-state index contributed by atoms with van der Waals surface area (Å²) in [5.74, 6) is -2.92. The first-order chi connectivity index (χ1) is 20.3. The van der Waals surface area contributed by atoms with Crippen LogP contribution >= 0.6 is 11.8 Å². The number of esters is 4. The second kappa shape index (κ2) is 16.0. The van der Waals surface area contributed by atoms with Crippen LogP contribution in [0, 0.1) is 0 Å². The van der Waals surface area contributed by atoms with Crippen LogP contribution in [0.2, 0.25) is 0 Å². The molecule has 0 unspecified atom stereocenters. The predicted octanol–water partition coefficient (Wildman–Crippen LogP) is 5.46. The number of ether oxygens (including phenoxy) is 4. The predicted molar refractivity (Wildman–Crippen MR) is 159 cm³/mol. The highest BCUT2D eigenvalue weighted by molar-refractivity contribution is 8.18. The van der Waals surface area contributed by atoms with Gasteiger partial charge >= 0.3 is 23.9 Å². The summed E-state index contributed by atoms with van der Waals surface area (Å²) in [5, 5.41) is 5.05. The highest BCUT2D eigenvalue weighted by atomic mass is 32.2. The number of carbonyl (C=O) groups excluding carboxylic acids is 4. The number of carbonyl (C=O) groups is 4. The van der Waals surface area contributed by atoms with Crippen LogP contribution in [0.25, 0.3) is 11.3 Å². The Morgan fingerprint density at radius 3 is 1.93 bits per heavy atom. The van der Waals surface area contributed by atoms with Gasteiger partial charge in [-0.3, -0.25) is 0 Å². The molecule has 0 bridgehead atoms. The Labute approximate surface area is 248 Å². The monoisotopic (exact) mass is 592 g/mol. The molecule has 1 heterocycles. The zero-order valence-electron chi connectivity index (χ0n) is 23.8. The molecule has 0 radical (unpaired) electrons. The Balaban J connectivity index is 2.33. The van der Waals surface area contributed by atoms with E-state index in [1.807, 2.05) is 12.1 Å². The second-order valence-corrected chi connectivity index (χ2v) is 9.30. The van der Waals surface area contributed by atoms with Crippen molar-refractivity contribution >= 4 is 40.7 Å². The highest BCUT2D eigenvalue weighted by Gasteiger charge is 2.30. The quantitative estimate of drug-likeness (QED) is 0.0887. The average molecular weight is 593 g/mol. The minimum Gasteiger partial charge on any atom is -0.463 e. The standard InChI is InChI=1S/C31H32N2O8S/c1-5-38-25(34)19-24(30(36)40-7-3)42-28(22-17-13-10-14-18-22)32-33-20-23(29(35)39-6-2)26(31(37)41-8-4)27(33)21-15-11-9-12-16-21/h9-20H,5-8H2,1-4H3/b24-19-,32-28-. The molecule has 3 rings (SSSR count). The van der Waals surface area contributed by atoms with Gasteiger partial charge in [-0.05, 0) is 27.7 Å². The molecule has 11 heteroatoms. The molecule has 0 saturated heterocycles. The van der Waals surface area contributed by atoms with Crippen molar-refractivity contribution in [3.05, 3.63) is 94.5 Å². The van der Waals surface area contributed by atoms with Gasteiger partial charge in [0.15, 0.2) is 0 Å². The zero-order valence-corrected chi connectivity index (χ0v) is 24.6. The molecule has 0 aliphatic heterocycles. The molecule has 3 aromatic rings. The van der Waals surface area contributed by atoms with Crippen molar-refractivity contribution in [1.29, 1.82) is 0 Å². The van der Waals surface area contributed by atoms with Crippen molar-refractivity contribution in [3.8, 4) is 11.3 Å². The SMILES string of the molecule is CCOC(=O)/C=C(\S/C(=N\n1cc(C(=O)OCC)c(C(=O)OCC)c1-c1ccccc1)c1ccccc1)C(=O)OCC. The van der Waals surface area contributed by atoms with E-state index in [1.165, 1.54) is 10.9 Å². The van der Waals surface area contributed by atoms with Gasteiger partial charge in [0.1, 0.15) is 15.5 Å². The maximum absolute atomic E-state index is 13.2. The molecule has 0 amide bonds. The fourth-order valence-corrected chi connectivity index (χ4v) is 4.65. The molecule has 0 saturated carbocycles. The van der Waals surface area contributed by atoms with Crippen LogP contribution in [-0.2, 0) is 28.5 Å². The van der Waals surface area contributed by atoms with Gasteiger partial charge in [0.25, 0.3) is 0 Å². The first kappa shape index (κ1) is 31.9. The van der Waals surface area contributed by atoms with Gasteiger partial charge < -0.3 is 18.9 Å². The summed E-state index contributed by atoms with van der Waals surface area (Å²) in [6.07, 6.45) is 2.43. The van der Waals surface area contributed by atoms with Crippen LogP contribution in [0.5, 0.6) is 0 Å². The number of hydrogen-bond donors (Lipinski definition) is 0. The Morgan fingerprint density at radius 1 is 0.762 bits per heavy atom. The number of benzene rings is 2. The Bertz CT molecular complexity index is 1460. The minimum atomic E-state index is -0.741. The number of aromatic nitrogens is 1. The maximum atomic E-state index is 13.2. The molecule has 42 heavy (non-hydrogen) atoms. The minimum absolute atomic E-state index is 0.0182. The third-order valence-electron chi connectivity index (χ3n) is 5.45. The van der Waals surface area contributed by atoms with Crippen LogP contribution in [0.4, 0.5) is 0 Å². The molecule has 220 valence electrons. The largest absolute Gasteiger partial charge is 0.463 e. The lowest BCUT2D eigenvalue weighted by Crippen LogP contribution is -2.13. The smallest absolute Gasteiger partial charge is 0.345 e. The average Bonchev–Trinajstić information content (AvgIpc) is 3.37. The topological polar surface area (TPSA) is 122 Å². The summed E-state index contributed by atoms with van der Waals surface area (Å²) in [7, 11) is 0. The van der Waals surface area contributed by atoms with Crippen LogP contribution < -0.4 is 0 Å². The van der Waals surface area contributed by atoms with E-state index in [9.17, 15) is 19.2 Å². The third-order valence-corrected chi connectivity index (χ3v) is 6.46. The van der Waals surface area contributed by atoms with Gasteiger partial charge in [0.2, 0.25) is 0 Å². The van der Waals surface area contributed by atoms with Crippen molar-refractivity contribution < 1.29 is 38.1 Å². The molecule has 0 aliphatic carbocycles. The molecule has 0 N–H and O–H groups in total. The first-order valence-corrected chi connectivity index (χ1v) is 14.2. The summed E-state index contributed by atoms with van der Waals surface area (Å²) in [6.45, 7) is 6.99. The van der Waals surface area contributed by atoms with Crippen molar-refractivity contribution in [1.82, 2.24) is 4.68 Å². The molecular weight excluding hydrogens is 560 g/mol. The van der Waals surface area contributed by atoms with Crippen LogP contribution in [0.3, 0.4) is 0 Å². The number of hydrogen-bond acceptors (Lipinski definition) is 10. The first-order valence-electron chi connectivity index (χ1n) is 13.4. The molecule has 1 aromatic heterocycles. The van der Waals surface area contributed by atoms with Gasteiger partial charge in [-0.2, -0.15) is 5.10 Å². The van der Waals surface area contributed by atoms with Crippen molar-refractivity contribution in [2.45, 2.75) is 27.7 Å². The lowest BCUT2D eigenvalue weighted by atomic mass is 10.0. The summed E-state index contributed by atoms with van der Waals surface area (Å²) >= 11 is 0.879. The maximum Gasteiger partial charge on any atom is 0.345 e. The summed E-state index contributed by atoms with van der Waals surface area (Å²) in [4.78, 5) is 51.4. The lowest BCUT2D eigenvalue weighted by molar-refractivity contribution is -0.140. The molecule has 0 fully saturated rings. The van der Waals surface area contributed by atoms with E-state index in [-0.39, 0.29) is 53.2 Å². The fraction of sp³-hybridized carbons (Fsp3) is 0.258. The van der Waals surface area contributed by atoms with Crippen molar-refractivity contribution in [2.75, 3.05) is 26.4 Å². The van der Waals surface area contributed by atoms with Gasteiger partial charge in [-0.25, -0.2) is 23.9 Å². The number of nitrogens with zero attached hydrogens (tertiary/aromatic N) is 2. The van der Waals surface area contributed by atoms with Crippen LogP contribution in [-0.4, -0.2) is 60.0 Å². The second-order valence-electron chi connectivity index (χ2n) is 8.27. The van der Waals surface area contributed by atoms with E-state index in [1.54, 1.807) is 76.2 Å². The summed E-state index contributed by atoms with van der Waals surface area (Å²) < 4.78 is 22.1. The molecule has 2 aromatic carbocycles. The zero-order chi connectivity index (χ0) is 30.5. The molecular formula is C31H32N2O8S. The van der Waals surface area contributed by atoms with Crippen molar-refractivity contribution in [2.24, 2.45) is 5.10 Å². The molecule has 0 spiro atoms. The molecule has 0 aliphatic rings. The van der Waals surface area contributed by atoms with Gasteiger partial charge in [-0.15, -0.1) is 0 Å². The van der Waals surface area contributed by atoms with Crippen LogP contribution in [0.15, 0.2) is 82.9 Å². The van der Waals surface area contributed by atoms with E-state index >= 15 is 0 Å². The Kier molecular flexibility index (Phi) is 12.1. The normalized spacial score (nSPS) is 11.5. The Hall–Kier alpha value is -4.64. The van der Waals surface area contributed by atoms with E-state index in [0.29, 0.717) is 11.1 Å². The lowest BCUT2D eigenvalue weighted by Gasteiger charge is -2.12. The van der Waals surface area contributed by atoms with E-state index in [0.717, 1.165) is 17.8 Å². The summed E-state index contributed by atoms with van der Waals surface area (Å²) in [5.41, 5.74) is 1.38. The fourth-order valence-electron chi connectivity index (χ4n) is 3.76. The molecule has 0 atom stereocenters. The van der Waals surface area contributed by atoms with Gasteiger partial charge in [0.05, 0.1) is 37.7 Å². The number of rotatable bonds is 12. The number of thioether (sulfide) groups is 1. The van der Waals surface area contributed by atoms with E-state index in [4.69, 9.17) is 24.0 Å². The van der Waals surface area contributed by atoms with E-state index in [2.05, 4.69) is 0 Å². The van der Waals surface area contributed by atoms with Crippen molar-refractivity contribution in [3.63, 3.8) is 0 Å². The highest BCUT2D eigenvalue weighted by Crippen LogP contribution is 2.32. The molecule has 10 nitrogen and oxygen atoms in total. The third kappa shape index (κ3) is 8.20. The van der Waals surface area contributed by atoms with E-state index < -0.39 is 23.9 Å². The Morgan fingerprint density at radius 2 is 1.33 bits per heavy atom. The van der Waals surface area contributed by atoms with Gasteiger partial charge in [-0.1, -0.05) is 72.4 Å².